The molecule has 144 valence electrons. The minimum absolute atomic E-state index is 0.333. The lowest BCUT2D eigenvalue weighted by atomic mass is 10.2. The Balaban J connectivity index is 1.64. The van der Waals surface area contributed by atoms with Crippen molar-refractivity contribution in [3.63, 3.8) is 0 Å². The van der Waals surface area contributed by atoms with Crippen molar-refractivity contribution in [2.75, 3.05) is 14.2 Å². The number of ether oxygens (including phenoxy) is 2. The van der Waals surface area contributed by atoms with Crippen LogP contribution in [0.4, 0.5) is 0 Å². The standard InChI is InChI=1S/C20H17BrN2O4S/c1-26-15-8-5-13(11-16(15)27-2)19(24)22-23-20(25)18-10-9-17(28-18)12-3-6-14(21)7-4-12/h3-11H,1-2H3,(H,22,24)(H,23,25). The van der Waals surface area contributed by atoms with E-state index in [-0.39, 0.29) is 5.91 Å². The maximum atomic E-state index is 12.3. The van der Waals surface area contributed by atoms with Crippen molar-refractivity contribution in [3.05, 3.63) is 69.5 Å². The number of methoxy groups -OCH3 is 2. The summed E-state index contributed by atoms with van der Waals surface area (Å²) in [5.74, 6) is 0.0993. The highest BCUT2D eigenvalue weighted by Crippen LogP contribution is 2.29. The van der Waals surface area contributed by atoms with Gasteiger partial charge in [0.15, 0.2) is 11.5 Å². The monoisotopic (exact) mass is 460 g/mol. The van der Waals surface area contributed by atoms with Gasteiger partial charge in [-0.25, -0.2) is 0 Å². The lowest BCUT2D eigenvalue weighted by Gasteiger charge is -2.10. The summed E-state index contributed by atoms with van der Waals surface area (Å²) < 4.78 is 11.3. The van der Waals surface area contributed by atoms with Crippen molar-refractivity contribution in [2.24, 2.45) is 0 Å². The number of rotatable bonds is 5. The summed E-state index contributed by atoms with van der Waals surface area (Å²) in [7, 11) is 3.00. The predicted octanol–water partition coefficient (Wildman–Crippen LogP) is 4.27. The van der Waals surface area contributed by atoms with Gasteiger partial charge in [0.05, 0.1) is 19.1 Å². The number of carbonyl (C=O) groups is 2. The van der Waals surface area contributed by atoms with E-state index in [1.807, 2.05) is 30.3 Å². The molecule has 0 saturated carbocycles. The van der Waals surface area contributed by atoms with Crippen molar-refractivity contribution in [1.82, 2.24) is 10.9 Å². The van der Waals surface area contributed by atoms with Crippen LogP contribution in [0.2, 0.25) is 0 Å². The molecule has 2 amide bonds. The van der Waals surface area contributed by atoms with Gasteiger partial charge in [-0.05, 0) is 48.0 Å². The van der Waals surface area contributed by atoms with Gasteiger partial charge in [0.2, 0.25) is 0 Å². The fourth-order valence-corrected chi connectivity index (χ4v) is 3.63. The zero-order valence-electron chi connectivity index (χ0n) is 15.1. The maximum Gasteiger partial charge on any atom is 0.279 e. The second-order valence-electron chi connectivity index (χ2n) is 5.65. The molecular formula is C20H17BrN2O4S. The predicted molar refractivity (Wildman–Crippen MR) is 112 cm³/mol. The van der Waals surface area contributed by atoms with E-state index < -0.39 is 5.91 Å². The van der Waals surface area contributed by atoms with Gasteiger partial charge < -0.3 is 9.47 Å². The third-order valence-electron chi connectivity index (χ3n) is 3.89. The molecule has 0 fully saturated rings. The summed E-state index contributed by atoms with van der Waals surface area (Å²) >= 11 is 4.74. The minimum atomic E-state index is -0.459. The van der Waals surface area contributed by atoms with Crippen molar-refractivity contribution >= 4 is 39.1 Å². The number of halogens is 1. The first kappa shape index (κ1) is 19.9. The van der Waals surface area contributed by atoms with Crippen LogP contribution in [0.25, 0.3) is 10.4 Å². The highest BCUT2D eigenvalue weighted by atomic mass is 79.9. The smallest absolute Gasteiger partial charge is 0.279 e. The fourth-order valence-electron chi connectivity index (χ4n) is 2.45. The average Bonchev–Trinajstić information content (AvgIpc) is 3.22. The quantitative estimate of drug-likeness (QED) is 0.557. The van der Waals surface area contributed by atoms with Crippen LogP contribution in [-0.2, 0) is 0 Å². The largest absolute Gasteiger partial charge is 0.493 e. The summed E-state index contributed by atoms with van der Waals surface area (Å²) in [6, 6.07) is 16.2. The Morgan fingerprint density at radius 2 is 1.54 bits per heavy atom. The van der Waals surface area contributed by atoms with Crippen LogP contribution in [0.15, 0.2) is 59.1 Å². The number of amides is 2. The molecule has 1 heterocycles. The SMILES string of the molecule is COc1ccc(C(=O)NNC(=O)c2ccc(-c3ccc(Br)cc3)s2)cc1OC. The van der Waals surface area contributed by atoms with E-state index in [0.717, 1.165) is 14.9 Å². The van der Waals surface area contributed by atoms with E-state index in [4.69, 9.17) is 9.47 Å². The Hall–Kier alpha value is -2.84. The van der Waals surface area contributed by atoms with Crippen LogP contribution < -0.4 is 20.3 Å². The number of hydrazine groups is 1. The van der Waals surface area contributed by atoms with Gasteiger partial charge in [-0.2, -0.15) is 0 Å². The second kappa shape index (κ2) is 8.90. The van der Waals surface area contributed by atoms with Crippen LogP contribution in [-0.4, -0.2) is 26.0 Å². The molecule has 0 radical (unpaired) electrons. The van der Waals surface area contributed by atoms with Gasteiger partial charge in [0.25, 0.3) is 11.8 Å². The Bertz CT molecular complexity index is 1000. The summed E-state index contributed by atoms with van der Waals surface area (Å²) in [5.41, 5.74) is 6.19. The topological polar surface area (TPSA) is 76.7 Å². The first-order chi connectivity index (χ1) is 13.5. The molecule has 28 heavy (non-hydrogen) atoms. The summed E-state index contributed by atoms with van der Waals surface area (Å²) in [6.07, 6.45) is 0. The van der Waals surface area contributed by atoms with Gasteiger partial charge in [-0.15, -0.1) is 11.3 Å². The summed E-state index contributed by atoms with van der Waals surface area (Å²) in [5, 5.41) is 0. The molecule has 0 aliphatic rings. The average molecular weight is 461 g/mol. The first-order valence-electron chi connectivity index (χ1n) is 8.20. The third-order valence-corrected chi connectivity index (χ3v) is 5.56. The van der Waals surface area contributed by atoms with E-state index in [9.17, 15) is 9.59 Å². The number of hydrogen-bond donors (Lipinski definition) is 2. The molecular weight excluding hydrogens is 444 g/mol. The molecule has 2 aromatic carbocycles. The Morgan fingerprint density at radius 1 is 0.857 bits per heavy atom. The van der Waals surface area contributed by atoms with Crippen molar-refractivity contribution in [1.29, 1.82) is 0 Å². The lowest BCUT2D eigenvalue weighted by Crippen LogP contribution is -2.41. The number of benzene rings is 2. The number of hydrogen-bond acceptors (Lipinski definition) is 5. The molecule has 0 atom stereocenters. The summed E-state index contributed by atoms with van der Waals surface area (Å²) in [6.45, 7) is 0. The zero-order chi connectivity index (χ0) is 20.1. The van der Waals surface area contributed by atoms with Gasteiger partial charge in [-0.1, -0.05) is 28.1 Å². The van der Waals surface area contributed by atoms with Gasteiger partial charge in [0.1, 0.15) is 0 Å². The highest BCUT2D eigenvalue weighted by molar-refractivity contribution is 9.10. The van der Waals surface area contributed by atoms with E-state index in [0.29, 0.717) is 21.9 Å². The van der Waals surface area contributed by atoms with E-state index in [2.05, 4.69) is 26.8 Å². The number of carbonyl (C=O) groups excluding carboxylic acids is 2. The molecule has 3 aromatic rings. The lowest BCUT2D eigenvalue weighted by molar-refractivity contribution is 0.0848. The molecule has 0 saturated heterocycles. The highest BCUT2D eigenvalue weighted by Gasteiger charge is 2.14. The second-order valence-corrected chi connectivity index (χ2v) is 7.65. The van der Waals surface area contributed by atoms with Crippen LogP contribution >= 0.6 is 27.3 Å². The van der Waals surface area contributed by atoms with Crippen molar-refractivity contribution in [3.8, 4) is 21.9 Å². The van der Waals surface area contributed by atoms with Crippen molar-refractivity contribution < 1.29 is 19.1 Å². The van der Waals surface area contributed by atoms with E-state index in [1.165, 1.54) is 31.6 Å². The Kier molecular flexibility index (Phi) is 6.33. The van der Waals surface area contributed by atoms with Crippen LogP contribution in [0.1, 0.15) is 20.0 Å². The number of thiophene rings is 1. The van der Waals surface area contributed by atoms with E-state index in [1.54, 1.807) is 18.2 Å². The molecule has 2 N–H and O–H groups in total. The molecule has 6 nitrogen and oxygen atoms in total. The molecule has 8 heteroatoms. The van der Waals surface area contributed by atoms with Crippen LogP contribution in [0.3, 0.4) is 0 Å². The van der Waals surface area contributed by atoms with Crippen LogP contribution in [0.5, 0.6) is 11.5 Å². The van der Waals surface area contributed by atoms with Crippen LogP contribution in [0, 0.1) is 0 Å². The minimum Gasteiger partial charge on any atom is -0.493 e. The number of nitrogens with one attached hydrogen (secondary N) is 2. The third kappa shape index (κ3) is 4.52. The van der Waals surface area contributed by atoms with Gasteiger partial charge in [0, 0.05) is 14.9 Å². The maximum absolute atomic E-state index is 12.3. The molecule has 0 aliphatic carbocycles. The Labute approximate surface area is 174 Å². The molecule has 0 aliphatic heterocycles. The Morgan fingerprint density at radius 3 is 2.21 bits per heavy atom. The van der Waals surface area contributed by atoms with Gasteiger partial charge >= 0.3 is 0 Å². The zero-order valence-corrected chi connectivity index (χ0v) is 17.5. The molecule has 0 bridgehead atoms. The molecule has 3 rings (SSSR count). The molecule has 0 unspecified atom stereocenters. The molecule has 1 aromatic heterocycles. The fraction of sp³-hybridized carbons (Fsp3) is 0.100. The normalized spacial score (nSPS) is 10.2. The first-order valence-corrected chi connectivity index (χ1v) is 9.81. The van der Waals surface area contributed by atoms with Gasteiger partial charge in [-0.3, -0.25) is 20.4 Å². The summed E-state index contributed by atoms with van der Waals surface area (Å²) in [4.78, 5) is 26.1. The van der Waals surface area contributed by atoms with E-state index >= 15 is 0 Å². The van der Waals surface area contributed by atoms with Crippen molar-refractivity contribution in [2.45, 2.75) is 0 Å². The molecule has 0 spiro atoms.